The molecule has 1 aromatic heterocycles. The molecule has 2 rings (SSSR count). The quantitative estimate of drug-likeness (QED) is 0.903. The van der Waals surface area contributed by atoms with E-state index in [1.54, 1.807) is 11.3 Å². The summed E-state index contributed by atoms with van der Waals surface area (Å²) >= 11 is 1.62. The summed E-state index contributed by atoms with van der Waals surface area (Å²) in [5.74, 6) is -0.757. The molecule has 17 heavy (non-hydrogen) atoms. The Balaban J connectivity index is 2.13. The molecular formula is C13H13NO2S. The Kier molecular flexibility index (Phi) is 3.54. The lowest BCUT2D eigenvalue weighted by atomic mass is 10.1. The number of rotatable bonds is 4. The lowest BCUT2D eigenvalue weighted by Crippen LogP contribution is -1.97. The summed E-state index contributed by atoms with van der Waals surface area (Å²) in [5.41, 5.74) is 5.07. The second-order valence-corrected chi connectivity index (χ2v) is 4.71. The highest BCUT2D eigenvalue weighted by molar-refractivity contribution is 7.13. The molecule has 0 unspecified atom stereocenters. The van der Waals surface area contributed by atoms with E-state index in [4.69, 9.17) is 5.11 Å². The van der Waals surface area contributed by atoms with Gasteiger partial charge in [-0.05, 0) is 24.5 Å². The summed E-state index contributed by atoms with van der Waals surface area (Å²) in [6.07, 6.45) is 0.760. The van der Waals surface area contributed by atoms with Gasteiger partial charge >= 0.3 is 5.97 Å². The first-order chi connectivity index (χ1) is 8.16. The van der Waals surface area contributed by atoms with Gasteiger partial charge in [0, 0.05) is 6.42 Å². The molecular weight excluding hydrogens is 234 g/mol. The molecule has 0 aliphatic heterocycles. The summed E-state index contributed by atoms with van der Waals surface area (Å²) < 4.78 is 0. The number of aromatic nitrogens is 1. The van der Waals surface area contributed by atoms with Crippen molar-refractivity contribution in [3.63, 3.8) is 0 Å². The van der Waals surface area contributed by atoms with Crippen molar-refractivity contribution in [2.45, 2.75) is 19.8 Å². The van der Waals surface area contributed by atoms with Crippen LogP contribution < -0.4 is 0 Å². The Hall–Kier alpha value is -1.68. The lowest BCUT2D eigenvalue weighted by Gasteiger charge is -2.02. The van der Waals surface area contributed by atoms with E-state index in [0.717, 1.165) is 16.8 Å². The van der Waals surface area contributed by atoms with E-state index >= 15 is 0 Å². The number of aliphatic carboxylic acids is 1. The van der Waals surface area contributed by atoms with Crippen LogP contribution in [0.15, 0.2) is 29.8 Å². The number of nitrogens with zero attached hydrogens (tertiary/aromatic N) is 1. The van der Waals surface area contributed by atoms with Gasteiger partial charge in [0.05, 0.1) is 16.1 Å². The summed E-state index contributed by atoms with van der Waals surface area (Å²) in [6.45, 7) is 1.99. The molecule has 0 bridgehead atoms. The van der Waals surface area contributed by atoms with E-state index in [1.807, 2.05) is 36.7 Å². The third kappa shape index (κ3) is 2.91. The minimum absolute atomic E-state index is 0.179. The number of carboxylic acids is 1. The average Bonchev–Trinajstić information content (AvgIpc) is 2.73. The largest absolute Gasteiger partial charge is 0.481 e. The Morgan fingerprint density at radius 1 is 1.35 bits per heavy atom. The van der Waals surface area contributed by atoms with Gasteiger partial charge < -0.3 is 5.11 Å². The molecule has 88 valence electrons. The molecule has 0 aliphatic rings. The van der Waals surface area contributed by atoms with Crippen molar-refractivity contribution < 1.29 is 9.90 Å². The second kappa shape index (κ2) is 5.10. The van der Waals surface area contributed by atoms with Crippen LogP contribution in [-0.2, 0) is 11.2 Å². The zero-order valence-corrected chi connectivity index (χ0v) is 10.3. The lowest BCUT2D eigenvalue weighted by molar-refractivity contribution is -0.136. The first-order valence-electron chi connectivity index (χ1n) is 5.38. The second-order valence-electron chi connectivity index (χ2n) is 3.86. The van der Waals surface area contributed by atoms with Gasteiger partial charge in [-0.25, -0.2) is 4.98 Å². The SMILES string of the molecule is Cc1ncsc1-c1ccc(CCC(=O)O)cc1. The molecule has 3 nitrogen and oxygen atoms in total. The molecule has 0 amide bonds. The standard InChI is InChI=1S/C13H13NO2S/c1-9-13(17-8-14-9)11-5-2-10(3-6-11)4-7-12(15)16/h2-3,5-6,8H,4,7H2,1H3,(H,15,16). The van der Waals surface area contributed by atoms with Crippen LogP contribution in [0.3, 0.4) is 0 Å². The fourth-order valence-electron chi connectivity index (χ4n) is 1.65. The third-order valence-corrected chi connectivity index (χ3v) is 3.57. The van der Waals surface area contributed by atoms with Crippen molar-refractivity contribution in [3.05, 3.63) is 41.0 Å². The van der Waals surface area contributed by atoms with Gasteiger partial charge in [-0.15, -0.1) is 11.3 Å². The van der Waals surface area contributed by atoms with Crippen LogP contribution in [-0.4, -0.2) is 16.1 Å². The molecule has 1 heterocycles. The van der Waals surface area contributed by atoms with Gasteiger partial charge in [0.1, 0.15) is 0 Å². The average molecular weight is 247 g/mol. The fraction of sp³-hybridized carbons (Fsp3) is 0.231. The highest BCUT2D eigenvalue weighted by Gasteiger charge is 2.05. The number of carboxylic acid groups (broad SMARTS) is 1. The number of benzene rings is 1. The highest BCUT2D eigenvalue weighted by atomic mass is 32.1. The van der Waals surface area contributed by atoms with E-state index in [2.05, 4.69) is 4.98 Å². The monoisotopic (exact) mass is 247 g/mol. The maximum atomic E-state index is 10.5. The minimum Gasteiger partial charge on any atom is -0.481 e. The molecule has 0 saturated heterocycles. The van der Waals surface area contributed by atoms with Gasteiger partial charge in [-0.1, -0.05) is 24.3 Å². The Morgan fingerprint density at radius 2 is 2.06 bits per heavy atom. The van der Waals surface area contributed by atoms with Gasteiger partial charge in [-0.3, -0.25) is 4.79 Å². The van der Waals surface area contributed by atoms with Crippen molar-refractivity contribution in [1.82, 2.24) is 4.98 Å². The molecule has 4 heteroatoms. The van der Waals surface area contributed by atoms with Gasteiger partial charge in [0.15, 0.2) is 0 Å². The molecule has 0 fully saturated rings. The summed E-state index contributed by atoms with van der Waals surface area (Å²) in [6, 6.07) is 8.02. The van der Waals surface area contributed by atoms with Crippen molar-refractivity contribution in [2.24, 2.45) is 0 Å². The smallest absolute Gasteiger partial charge is 0.303 e. The van der Waals surface area contributed by atoms with Crippen molar-refractivity contribution in [1.29, 1.82) is 0 Å². The van der Waals surface area contributed by atoms with Crippen LogP contribution in [0.2, 0.25) is 0 Å². The predicted octanol–water partition coefficient (Wildman–Crippen LogP) is 3.14. The summed E-state index contributed by atoms with van der Waals surface area (Å²) in [5, 5.41) is 8.61. The molecule has 1 N–H and O–H groups in total. The number of hydrogen-bond donors (Lipinski definition) is 1. The van der Waals surface area contributed by atoms with Crippen molar-refractivity contribution in [3.8, 4) is 10.4 Å². The maximum Gasteiger partial charge on any atom is 0.303 e. The summed E-state index contributed by atoms with van der Waals surface area (Å²) in [7, 11) is 0. The molecule has 0 saturated carbocycles. The topological polar surface area (TPSA) is 50.2 Å². The number of hydrogen-bond acceptors (Lipinski definition) is 3. The zero-order chi connectivity index (χ0) is 12.3. The molecule has 0 aliphatic carbocycles. The molecule has 2 aromatic rings. The van der Waals surface area contributed by atoms with Crippen LogP contribution in [0.5, 0.6) is 0 Å². The van der Waals surface area contributed by atoms with Crippen LogP contribution in [0, 0.1) is 6.92 Å². The maximum absolute atomic E-state index is 10.5. The number of carbonyl (C=O) groups is 1. The third-order valence-electron chi connectivity index (χ3n) is 2.59. The minimum atomic E-state index is -0.757. The Morgan fingerprint density at radius 3 is 2.59 bits per heavy atom. The molecule has 0 radical (unpaired) electrons. The molecule has 0 atom stereocenters. The zero-order valence-electron chi connectivity index (χ0n) is 9.51. The van der Waals surface area contributed by atoms with E-state index in [0.29, 0.717) is 6.42 Å². The highest BCUT2D eigenvalue weighted by Crippen LogP contribution is 2.27. The first kappa shape index (κ1) is 11.8. The van der Waals surface area contributed by atoms with E-state index in [-0.39, 0.29) is 6.42 Å². The van der Waals surface area contributed by atoms with E-state index < -0.39 is 5.97 Å². The summed E-state index contributed by atoms with van der Waals surface area (Å²) in [4.78, 5) is 15.9. The van der Waals surface area contributed by atoms with Gasteiger partial charge in [0.2, 0.25) is 0 Å². The van der Waals surface area contributed by atoms with Crippen LogP contribution in [0.25, 0.3) is 10.4 Å². The van der Waals surface area contributed by atoms with Crippen LogP contribution in [0.1, 0.15) is 17.7 Å². The van der Waals surface area contributed by atoms with Crippen LogP contribution in [0.4, 0.5) is 0 Å². The number of aryl methyl sites for hydroxylation is 2. The van der Waals surface area contributed by atoms with E-state index in [9.17, 15) is 4.79 Å². The Labute approximate surface area is 104 Å². The van der Waals surface area contributed by atoms with Crippen molar-refractivity contribution in [2.75, 3.05) is 0 Å². The molecule has 1 aromatic carbocycles. The number of thiazole rings is 1. The first-order valence-corrected chi connectivity index (χ1v) is 6.26. The van der Waals surface area contributed by atoms with Crippen molar-refractivity contribution >= 4 is 17.3 Å². The van der Waals surface area contributed by atoms with Gasteiger partial charge in [-0.2, -0.15) is 0 Å². The van der Waals surface area contributed by atoms with E-state index in [1.165, 1.54) is 4.88 Å². The predicted molar refractivity (Wildman–Crippen MR) is 68.2 cm³/mol. The molecule has 0 spiro atoms. The van der Waals surface area contributed by atoms with Crippen LogP contribution >= 0.6 is 11.3 Å². The fourth-order valence-corrected chi connectivity index (χ4v) is 2.46. The van der Waals surface area contributed by atoms with Gasteiger partial charge in [0.25, 0.3) is 0 Å². The normalized spacial score (nSPS) is 10.4. The Bertz CT molecular complexity index is 516.